The highest BCUT2D eigenvalue weighted by molar-refractivity contribution is 5.91. The van der Waals surface area contributed by atoms with Crippen LogP contribution in [-0.2, 0) is 19.6 Å². The van der Waals surface area contributed by atoms with E-state index in [2.05, 4.69) is 40.1 Å². The summed E-state index contributed by atoms with van der Waals surface area (Å²) in [5, 5.41) is 0. The minimum Gasteiger partial charge on any atom is -0.455 e. The van der Waals surface area contributed by atoms with Crippen molar-refractivity contribution in [2.75, 3.05) is 33.2 Å². The average molecular weight is 404 g/mol. The van der Waals surface area contributed by atoms with Gasteiger partial charge < -0.3 is 9.32 Å². The highest BCUT2D eigenvalue weighted by Crippen LogP contribution is 2.16. The molecule has 0 radical (unpaired) electrons. The van der Waals surface area contributed by atoms with Gasteiger partial charge in [-0.15, -0.1) is 0 Å². The van der Waals surface area contributed by atoms with Gasteiger partial charge in [0.2, 0.25) is 0 Å². The lowest BCUT2D eigenvalue weighted by atomic mass is 10.2. The zero-order valence-electron chi connectivity index (χ0n) is 17.5. The smallest absolute Gasteiger partial charge is 0.289 e. The number of carbonyl (C=O) groups is 1. The molecule has 5 nitrogen and oxygen atoms in total. The first-order chi connectivity index (χ1) is 14.7. The van der Waals surface area contributed by atoms with Crippen LogP contribution in [-0.4, -0.2) is 53.8 Å². The molecule has 156 valence electrons. The van der Waals surface area contributed by atoms with E-state index >= 15 is 0 Å². The molecule has 0 saturated carbocycles. The molecule has 1 aliphatic rings. The molecule has 30 heavy (non-hydrogen) atoms. The molecule has 1 aliphatic heterocycles. The normalized spacial score (nSPS) is 15.2. The van der Waals surface area contributed by atoms with Crippen LogP contribution in [0.5, 0.6) is 0 Å². The molecule has 1 saturated heterocycles. The highest BCUT2D eigenvalue weighted by Gasteiger charge is 2.20. The number of furan rings is 1. The quantitative estimate of drug-likeness (QED) is 0.600. The molecule has 3 aromatic rings. The summed E-state index contributed by atoms with van der Waals surface area (Å²) in [5.41, 5.74) is 2.47. The lowest BCUT2D eigenvalue weighted by molar-refractivity contribution is 0.0746. The van der Waals surface area contributed by atoms with Crippen molar-refractivity contribution in [3.05, 3.63) is 95.4 Å². The SMILES string of the molecule is CN(Cc1ccccc1)C(=O)c1ccc(CN2CCN(Cc3ccccc3)CC2)o1. The Morgan fingerprint density at radius 1 is 0.800 bits per heavy atom. The van der Waals surface area contributed by atoms with E-state index in [9.17, 15) is 4.79 Å². The fourth-order valence-corrected chi connectivity index (χ4v) is 3.86. The summed E-state index contributed by atoms with van der Waals surface area (Å²) in [5.74, 6) is 1.17. The van der Waals surface area contributed by atoms with Crippen LogP contribution >= 0.6 is 0 Å². The molecule has 0 N–H and O–H groups in total. The Bertz CT molecular complexity index is 931. The maximum absolute atomic E-state index is 12.7. The van der Waals surface area contributed by atoms with Crippen LogP contribution in [0, 0.1) is 0 Å². The number of hydrogen-bond acceptors (Lipinski definition) is 4. The highest BCUT2D eigenvalue weighted by atomic mass is 16.4. The van der Waals surface area contributed by atoms with Gasteiger partial charge in [0, 0.05) is 46.3 Å². The van der Waals surface area contributed by atoms with Crippen LogP contribution in [0.1, 0.15) is 27.4 Å². The number of benzene rings is 2. The van der Waals surface area contributed by atoms with Crippen LogP contribution in [0.25, 0.3) is 0 Å². The van der Waals surface area contributed by atoms with Crippen molar-refractivity contribution in [1.82, 2.24) is 14.7 Å². The molecule has 0 spiro atoms. The minimum absolute atomic E-state index is 0.0854. The van der Waals surface area contributed by atoms with E-state index in [4.69, 9.17) is 4.42 Å². The Morgan fingerprint density at radius 3 is 2.00 bits per heavy atom. The second kappa shape index (κ2) is 9.74. The molecule has 1 amide bonds. The number of hydrogen-bond donors (Lipinski definition) is 0. The van der Waals surface area contributed by atoms with Crippen molar-refractivity contribution in [3.63, 3.8) is 0 Å². The van der Waals surface area contributed by atoms with Crippen molar-refractivity contribution < 1.29 is 9.21 Å². The van der Waals surface area contributed by atoms with Crippen LogP contribution in [0.3, 0.4) is 0 Å². The van der Waals surface area contributed by atoms with Gasteiger partial charge in [0.05, 0.1) is 6.54 Å². The molecule has 5 heteroatoms. The summed E-state index contributed by atoms with van der Waals surface area (Å²) in [6.07, 6.45) is 0. The van der Waals surface area contributed by atoms with Crippen molar-refractivity contribution >= 4 is 5.91 Å². The van der Waals surface area contributed by atoms with Crippen LogP contribution in [0.15, 0.2) is 77.2 Å². The molecule has 2 heterocycles. The molecule has 0 unspecified atom stereocenters. The monoisotopic (exact) mass is 403 g/mol. The first-order valence-corrected chi connectivity index (χ1v) is 10.5. The zero-order chi connectivity index (χ0) is 20.8. The first-order valence-electron chi connectivity index (χ1n) is 10.5. The van der Waals surface area contributed by atoms with Gasteiger partial charge in [-0.25, -0.2) is 0 Å². The van der Waals surface area contributed by atoms with Crippen molar-refractivity contribution in [3.8, 4) is 0 Å². The summed E-state index contributed by atoms with van der Waals surface area (Å²) in [7, 11) is 1.81. The second-order valence-electron chi connectivity index (χ2n) is 7.95. The van der Waals surface area contributed by atoms with Gasteiger partial charge in [-0.2, -0.15) is 0 Å². The predicted octanol–water partition coefficient (Wildman–Crippen LogP) is 3.87. The number of piperazine rings is 1. The van der Waals surface area contributed by atoms with Gasteiger partial charge in [0.1, 0.15) is 5.76 Å². The topological polar surface area (TPSA) is 39.9 Å². The van der Waals surface area contributed by atoms with E-state index in [1.807, 2.05) is 43.4 Å². The molecule has 2 aromatic carbocycles. The fraction of sp³-hybridized carbons (Fsp3) is 0.320. The lowest BCUT2D eigenvalue weighted by Crippen LogP contribution is -2.45. The molecular weight excluding hydrogens is 374 g/mol. The predicted molar refractivity (Wildman–Crippen MR) is 118 cm³/mol. The maximum Gasteiger partial charge on any atom is 0.289 e. The zero-order valence-corrected chi connectivity index (χ0v) is 17.5. The summed E-state index contributed by atoms with van der Waals surface area (Å²) in [6.45, 7) is 6.41. The first kappa shape index (κ1) is 20.4. The molecule has 1 fully saturated rings. The van der Waals surface area contributed by atoms with Gasteiger partial charge in [-0.1, -0.05) is 60.7 Å². The summed E-state index contributed by atoms with van der Waals surface area (Å²) < 4.78 is 5.88. The van der Waals surface area contributed by atoms with E-state index < -0.39 is 0 Å². The van der Waals surface area contributed by atoms with Crippen molar-refractivity contribution in [2.45, 2.75) is 19.6 Å². The van der Waals surface area contributed by atoms with E-state index in [0.29, 0.717) is 12.3 Å². The van der Waals surface area contributed by atoms with E-state index in [1.54, 1.807) is 11.0 Å². The largest absolute Gasteiger partial charge is 0.455 e. The molecular formula is C25H29N3O2. The molecule has 1 aromatic heterocycles. The molecule has 0 atom stereocenters. The van der Waals surface area contributed by atoms with E-state index in [-0.39, 0.29) is 5.91 Å². The summed E-state index contributed by atoms with van der Waals surface area (Å²) >= 11 is 0. The molecule has 4 rings (SSSR count). The Morgan fingerprint density at radius 2 is 1.37 bits per heavy atom. The minimum atomic E-state index is -0.0854. The Kier molecular flexibility index (Phi) is 6.62. The number of nitrogens with zero attached hydrogens (tertiary/aromatic N) is 3. The lowest BCUT2D eigenvalue weighted by Gasteiger charge is -2.34. The molecule has 0 bridgehead atoms. The van der Waals surface area contributed by atoms with Gasteiger partial charge in [-0.3, -0.25) is 14.6 Å². The summed E-state index contributed by atoms with van der Waals surface area (Å²) in [6, 6.07) is 24.3. The average Bonchev–Trinajstić information content (AvgIpc) is 3.24. The Hall–Kier alpha value is -2.89. The van der Waals surface area contributed by atoms with Crippen LogP contribution < -0.4 is 0 Å². The second-order valence-corrected chi connectivity index (χ2v) is 7.95. The van der Waals surface area contributed by atoms with Crippen LogP contribution in [0.4, 0.5) is 0 Å². The maximum atomic E-state index is 12.7. The number of rotatable bonds is 7. The van der Waals surface area contributed by atoms with E-state index in [0.717, 1.165) is 50.6 Å². The van der Waals surface area contributed by atoms with Crippen LogP contribution in [0.2, 0.25) is 0 Å². The third-order valence-electron chi connectivity index (χ3n) is 5.58. The third kappa shape index (κ3) is 5.38. The van der Waals surface area contributed by atoms with Gasteiger partial charge in [0.25, 0.3) is 5.91 Å². The third-order valence-corrected chi connectivity index (χ3v) is 5.58. The molecule has 0 aliphatic carbocycles. The summed E-state index contributed by atoms with van der Waals surface area (Å²) in [4.78, 5) is 19.3. The van der Waals surface area contributed by atoms with Gasteiger partial charge >= 0.3 is 0 Å². The standard InChI is InChI=1S/C25H29N3O2/c1-26(18-21-8-4-2-5-9-21)25(29)24-13-12-23(30-24)20-28-16-14-27(15-17-28)19-22-10-6-3-7-11-22/h2-13H,14-20H2,1H3. The fourth-order valence-electron chi connectivity index (χ4n) is 3.86. The van der Waals surface area contributed by atoms with Crippen molar-refractivity contribution in [2.24, 2.45) is 0 Å². The van der Waals surface area contributed by atoms with E-state index in [1.165, 1.54) is 5.56 Å². The Labute approximate surface area is 178 Å². The van der Waals surface area contributed by atoms with Gasteiger partial charge in [0.15, 0.2) is 5.76 Å². The Balaban J connectivity index is 1.26. The van der Waals surface area contributed by atoms with Gasteiger partial charge in [-0.05, 0) is 23.3 Å². The van der Waals surface area contributed by atoms with Crippen molar-refractivity contribution in [1.29, 1.82) is 0 Å². The number of carbonyl (C=O) groups excluding carboxylic acids is 1. The number of amides is 1.